The first-order valence-corrected chi connectivity index (χ1v) is 6.32. The summed E-state index contributed by atoms with van der Waals surface area (Å²) in [5.41, 5.74) is 1.32. The van der Waals surface area contributed by atoms with Gasteiger partial charge >= 0.3 is 0 Å². The van der Waals surface area contributed by atoms with Crippen molar-refractivity contribution in [3.05, 3.63) is 42.5 Å². The van der Waals surface area contributed by atoms with Crippen LogP contribution in [0.2, 0.25) is 0 Å². The second-order valence-electron chi connectivity index (χ2n) is 3.89. The van der Waals surface area contributed by atoms with Crippen molar-refractivity contribution in [2.75, 3.05) is 5.75 Å². The van der Waals surface area contributed by atoms with Gasteiger partial charge in [0.25, 0.3) is 0 Å². The molecule has 2 heteroatoms. The molecule has 1 aliphatic rings. The van der Waals surface area contributed by atoms with Crippen molar-refractivity contribution in [1.29, 1.82) is 0 Å². The minimum Gasteiger partial charge on any atom is -0.392 e. The van der Waals surface area contributed by atoms with Crippen LogP contribution in [0.3, 0.4) is 0 Å². The molecule has 1 heterocycles. The van der Waals surface area contributed by atoms with Gasteiger partial charge in [-0.25, -0.2) is 0 Å². The van der Waals surface area contributed by atoms with E-state index in [2.05, 4.69) is 30.8 Å². The molecule has 0 aromatic heterocycles. The molecule has 1 nitrogen and oxygen atoms in total. The van der Waals surface area contributed by atoms with Gasteiger partial charge in [-0.2, -0.15) is 0 Å². The van der Waals surface area contributed by atoms with Gasteiger partial charge in [-0.3, -0.25) is 0 Å². The summed E-state index contributed by atoms with van der Waals surface area (Å²) in [7, 11) is 0. The molecule has 2 rings (SSSR count). The molecule has 15 heavy (non-hydrogen) atoms. The Morgan fingerprint density at radius 1 is 1.53 bits per heavy atom. The maximum Gasteiger partial charge on any atom is 0.0620 e. The maximum atomic E-state index is 10.1. The standard InChI is InChI=1S/C13H16OS/c1-2-3-7-12(14)11-9-15-13-8-5-4-6-10(11)13/h2,4-6,8,11-12,14H,1,3,7,9H2. The SMILES string of the molecule is C=CCCC(O)C1CSc2ccccc21. The zero-order valence-electron chi connectivity index (χ0n) is 8.73. The summed E-state index contributed by atoms with van der Waals surface area (Å²) in [5.74, 6) is 1.32. The Morgan fingerprint density at radius 2 is 2.33 bits per heavy atom. The molecule has 0 saturated heterocycles. The lowest BCUT2D eigenvalue weighted by molar-refractivity contribution is 0.143. The molecule has 0 radical (unpaired) electrons. The van der Waals surface area contributed by atoms with Crippen molar-refractivity contribution in [3.63, 3.8) is 0 Å². The van der Waals surface area contributed by atoms with Crippen LogP contribution in [0.25, 0.3) is 0 Å². The number of hydrogen-bond donors (Lipinski definition) is 1. The van der Waals surface area contributed by atoms with Crippen molar-refractivity contribution in [2.24, 2.45) is 0 Å². The first-order valence-electron chi connectivity index (χ1n) is 5.33. The van der Waals surface area contributed by atoms with E-state index < -0.39 is 0 Å². The molecule has 0 amide bonds. The molecule has 0 spiro atoms. The van der Waals surface area contributed by atoms with E-state index in [0.29, 0.717) is 5.92 Å². The number of thioether (sulfide) groups is 1. The maximum absolute atomic E-state index is 10.1. The molecule has 0 saturated carbocycles. The van der Waals surface area contributed by atoms with Gasteiger partial charge in [-0.1, -0.05) is 24.3 Å². The number of fused-ring (bicyclic) bond motifs is 1. The predicted octanol–water partition coefficient (Wildman–Crippen LogP) is 3.20. The van der Waals surface area contributed by atoms with E-state index in [9.17, 15) is 5.11 Å². The highest BCUT2D eigenvalue weighted by Gasteiger charge is 2.28. The molecular formula is C13H16OS. The summed E-state index contributed by atoms with van der Waals surface area (Å²) in [4.78, 5) is 1.33. The number of rotatable bonds is 4. The second kappa shape index (κ2) is 4.86. The van der Waals surface area contributed by atoms with Crippen LogP contribution >= 0.6 is 11.8 Å². The topological polar surface area (TPSA) is 20.2 Å². The van der Waals surface area contributed by atoms with Gasteiger partial charge in [0.2, 0.25) is 0 Å². The Hall–Kier alpha value is -0.730. The molecule has 0 fully saturated rings. The Labute approximate surface area is 95.2 Å². The average molecular weight is 220 g/mol. The molecule has 0 aliphatic carbocycles. The Morgan fingerprint density at radius 3 is 3.13 bits per heavy atom. The summed E-state index contributed by atoms with van der Waals surface area (Å²) in [6, 6.07) is 8.39. The van der Waals surface area contributed by atoms with Gasteiger partial charge in [0.1, 0.15) is 0 Å². The van der Waals surface area contributed by atoms with E-state index in [1.807, 2.05) is 17.8 Å². The van der Waals surface area contributed by atoms with Gasteiger partial charge in [0.15, 0.2) is 0 Å². The Bertz CT molecular complexity index is 348. The highest BCUT2D eigenvalue weighted by molar-refractivity contribution is 7.99. The summed E-state index contributed by atoms with van der Waals surface area (Å²) in [6.07, 6.45) is 3.37. The van der Waals surface area contributed by atoms with Gasteiger partial charge in [0, 0.05) is 16.6 Å². The van der Waals surface area contributed by atoms with Crippen molar-refractivity contribution >= 4 is 11.8 Å². The minimum atomic E-state index is -0.223. The lowest BCUT2D eigenvalue weighted by atomic mass is 9.93. The molecule has 2 unspecified atom stereocenters. The second-order valence-corrected chi connectivity index (χ2v) is 4.95. The van der Waals surface area contributed by atoms with Crippen LogP contribution < -0.4 is 0 Å². The minimum absolute atomic E-state index is 0.223. The van der Waals surface area contributed by atoms with E-state index in [0.717, 1.165) is 18.6 Å². The quantitative estimate of drug-likeness (QED) is 0.786. The van der Waals surface area contributed by atoms with E-state index >= 15 is 0 Å². The number of allylic oxidation sites excluding steroid dienone is 1. The third-order valence-electron chi connectivity index (χ3n) is 2.87. The van der Waals surface area contributed by atoms with Crippen molar-refractivity contribution in [1.82, 2.24) is 0 Å². The van der Waals surface area contributed by atoms with Gasteiger partial charge in [0.05, 0.1) is 6.10 Å². The van der Waals surface area contributed by atoms with Crippen LogP contribution in [0.5, 0.6) is 0 Å². The largest absolute Gasteiger partial charge is 0.392 e. The fourth-order valence-electron chi connectivity index (χ4n) is 2.00. The molecule has 80 valence electrons. The Balaban J connectivity index is 2.09. The van der Waals surface area contributed by atoms with Crippen LogP contribution in [0, 0.1) is 0 Å². The summed E-state index contributed by atoms with van der Waals surface area (Å²) in [5, 5.41) is 10.1. The van der Waals surface area contributed by atoms with Gasteiger partial charge < -0.3 is 5.11 Å². The fraction of sp³-hybridized carbons (Fsp3) is 0.385. The highest BCUT2D eigenvalue weighted by Crippen LogP contribution is 2.41. The van der Waals surface area contributed by atoms with Crippen molar-refractivity contribution in [3.8, 4) is 0 Å². The zero-order valence-corrected chi connectivity index (χ0v) is 9.54. The molecule has 2 atom stereocenters. The van der Waals surface area contributed by atoms with Crippen LogP contribution in [0.1, 0.15) is 24.3 Å². The summed E-state index contributed by atoms with van der Waals surface area (Å²) < 4.78 is 0. The molecule has 1 aliphatic heterocycles. The first-order chi connectivity index (χ1) is 7.33. The average Bonchev–Trinajstić information content (AvgIpc) is 2.69. The molecule has 1 aromatic rings. The summed E-state index contributed by atoms with van der Waals surface area (Å²) in [6.45, 7) is 3.69. The number of benzene rings is 1. The van der Waals surface area contributed by atoms with E-state index in [4.69, 9.17) is 0 Å². The van der Waals surface area contributed by atoms with Crippen LogP contribution in [-0.4, -0.2) is 17.0 Å². The number of aliphatic hydroxyl groups is 1. The monoisotopic (exact) mass is 220 g/mol. The zero-order chi connectivity index (χ0) is 10.7. The predicted molar refractivity (Wildman–Crippen MR) is 65.3 cm³/mol. The van der Waals surface area contributed by atoms with Crippen LogP contribution in [0.4, 0.5) is 0 Å². The lowest BCUT2D eigenvalue weighted by Crippen LogP contribution is -2.17. The smallest absolute Gasteiger partial charge is 0.0620 e. The van der Waals surface area contributed by atoms with E-state index in [-0.39, 0.29) is 6.10 Å². The molecular weight excluding hydrogens is 204 g/mol. The summed E-state index contributed by atoms with van der Waals surface area (Å²) >= 11 is 1.85. The number of hydrogen-bond acceptors (Lipinski definition) is 2. The van der Waals surface area contributed by atoms with Gasteiger partial charge in [-0.05, 0) is 24.5 Å². The first kappa shape index (κ1) is 10.8. The third-order valence-corrected chi connectivity index (χ3v) is 4.08. The van der Waals surface area contributed by atoms with Gasteiger partial charge in [-0.15, -0.1) is 18.3 Å². The van der Waals surface area contributed by atoms with E-state index in [1.54, 1.807) is 0 Å². The van der Waals surface area contributed by atoms with Crippen molar-refractivity contribution < 1.29 is 5.11 Å². The molecule has 1 N–H and O–H groups in total. The van der Waals surface area contributed by atoms with Crippen molar-refractivity contribution in [2.45, 2.75) is 29.8 Å². The van der Waals surface area contributed by atoms with E-state index in [1.165, 1.54) is 10.5 Å². The normalized spacial score (nSPS) is 21.0. The third kappa shape index (κ3) is 2.27. The Kier molecular flexibility index (Phi) is 3.49. The lowest BCUT2D eigenvalue weighted by Gasteiger charge is -2.17. The van der Waals surface area contributed by atoms with Crippen LogP contribution in [0.15, 0.2) is 41.8 Å². The van der Waals surface area contributed by atoms with Crippen LogP contribution in [-0.2, 0) is 0 Å². The molecule has 0 bridgehead atoms. The number of aliphatic hydroxyl groups excluding tert-OH is 1. The fourth-order valence-corrected chi connectivity index (χ4v) is 3.32. The highest BCUT2D eigenvalue weighted by atomic mass is 32.2. The molecule has 1 aromatic carbocycles.